The summed E-state index contributed by atoms with van der Waals surface area (Å²) in [4.78, 5) is 29.8. The van der Waals surface area contributed by atoms with Gasteiger partial charge in [0.25, 0.3) is 5.91 Å². The Kier molecular flexibility index (Phi) is 6.37. The van der Waals surface area contributed by atoms with Gasteiger partial charge in [-0.2, -0.15) is 0 Å². The lowest BCUT2D eigenvalue weighted by Crippen LogP contribution is -2.43. The molecule has 1 aromatic heterocycles. The van der Waals surface area contributed by atoms with Crippen LogP contribution >= 0.6 is 11.8 Å². The number of carbonyl (C=O) groups excluding carboxylic acids is 2. The van der Waals surface area contributed by atoms with Gasteiger partial charge in [0.05, 0.1) is 49.0 Å². The third-order valence-electron chi connectivity index (χ3n) is 7.06. The molecule has 1 fully saturated rings. The Balaban J connectivity index is 1.04. The van der Waals surface area contributed by atoms with E-state index in [1.54, 1.807) is 30.5 Å². The fourth-order valence-corrected chi connectivity index (χ4v) is 5.99. The van der Waals surface area contributed by atoms with E-state index in [-0.39, 0.29) is 35.8 Å². The number of anilines is 1. The zero-order valence-electron chi connectivity index (χ0n) is 20.2. The number of hydrogen-bond donors (Lipinski definition) is 2. The van der Waals surface area contributed by atoms with Crippen LogP contribution < -0.4 is 20.1 Å². The van der Waals surface area contributed by atoms with Crippen molar-refractivity contribution in [3.63, 3.8) is 0 Å². The van der Waals surface area contributed by atoms with Crippen molar-refractivity contribution in [1.29, 1.82) is 0 Å². The van der Waals surface area contributed by atoms with Crippen LogP contribution in [-0.2, 0) is 16.0 Å². The van der Waals surface area contributed by atoms with Gasteiger partial charge in [0.15, 0.2) is 11.6 Å². The molecule has 0 spiro atoms. The van der Waals surface area contributed by atoms with E-state index in [2.05, 4.69) is 15.6 Å². The molecule has 3 aromatic rings. The van der Waals surface area contributed by atoms with Gasteiger partial charge in [0, 0.05) is 34.3 Å². The van der Waals surface area contributed by atoms with Crippen LogP contribution in [0.1, 0.15) is 35.2 Å². The van der Waals surface area contributed by atoms with Gasteiger partial charge in [-0.3, -0.25) is 14.6 Å². The van der Waals surface area contributed by atoms with Crippen molar-refractivity contribution >= 4 is 40.2 Å². The predicted molar refractivity (Wildman–Crippen MR) is 137 cm³/mol. The maximum atomic E-state index is 15.0. The van der Waals surface area contributed by atoms with Crippen molar-refractivity contribution in [2.45, 2.75) is 48.8 Å². The summed E-state index contributed by atoms with van der Waals surface area (Å²) < 4.78 is 32.3. The largest absolute Gasteiger partial charge is 0.494 e. The number of ether oxygens (including phenoxy) is 3. The molecule has 0 radical (unpaired) electrons. The van der Waals surface area contributed by atoms with Crippen LogP contribution in [0.3, 0.4) is 0 Å². The Morgan fingerprint density at radius 1 is 1.27 bits per heavy atom. The van der Waals surface area contributed by atoms with Gasteiger partial charge >= 0.3 is 0 Å². The van der Waals surface area contributed by atoms with Crippen molar-refractivity contribution in [2.75, 3.05) is 24.8 Å². The molecular formula is C27H26FN3O5S. The number of thioether (sulfide) groups is 1. The highest BCUT2D eigenvalue weighted by molar-refractivity contribution is 8.00. The summed E-state index contributed by atoms with van der Waals surface area (Å²) >= 11 is 1.46. The molecule has 1 unspecified atom stereocenters. The van der Waals surface area contributed by atoms with Gasteiger partial charge in [-0.05, 0) is 43.2 Å². The maximum Gasteiger partial charge on any atom is 0.251 e. The molecule has 2 aromatic carbocycles. The van der Waals surface area contributed by atoms with Gasteiger partial charge < -0.3 is 24.8 Å². The normalized spacial score (nSPS) is 22.5. The average molecular weight is 524 g/mol. The summed E-state index contributed by atoms with van der Waals surface area (Å²) in [7, 11) is 1.45. The number of hydrogen-bond acceptors (Lipinski definition) is 7. The number of rotatable bonds is 5. The third kappa shape index (κ3) is 4.71. The van der Waals surface area contributed by atoms with Gasteiger partial charge in [-0.15, -0.1) is 11.8 Å². The second kappa shape index (κ2) is 9.83. The zero-order chi connectivity index (χ0) is 25.5. The van der Waals surface area contributed by atoms with Crippen molar-refractivity contribution in [1.82, 2.24) is 10.3 Å². The van der Waals surface area contributed by atoms with Gasteiger partial charge in [0.2, 0.25) is 5.91 Å². The molecule has 0 aliphatic carbocycles. The molecule has 4 heterocycles. The molecule has 3 aliphatic rings. The Hall–Kier alpha value is -3.37. The van der Waals surface area contributed by atoms with Crippen LogP contribution in [0.4, 0.5) is 10.1 Å². The first-order chi connectivity index (χ1) is 18.0. The SMILES string of the molecule is COc1ccc2ncc3c(c2c1F)CC(C[C@@H]1CC[C@@H](NC(=O)c2ccc4c(c2)NC(=O)CS4)CO1)O3. The zero-order valence-corrected chi connectivity index (χ0v) is 21.0. The van der Waals surface area contributed by atoms with E-state index in [4.69, 9.17) is 14.2 Å². The summed E-state index contributed by atoms with van der Waals surface area (Å²) in [5.74, 6) is 0.507. The number of methoxy groups -OCH3 is 1. The van der Waals surface area contributed by atoms with Crippen LogP contribution in [-0.4, -0.2) is 54.5 Å². The van der Waals surface area contributed by atoms with Gasteiger partial charge in [0.1, 0.15) is 11.9 Å². The summed E-state index contributed by atoms with van der Waals surface area (Å²) in [5, 5.41) is 6.31. The number of nitrogens with one attached hydrogen (secondary N) is 2. The van der Waals surface area contributed by atoms with Crippen LogP contribution in [0.5, 0.6) is 11.5 Å². The standard InChI is InChI=1S/C27H26FN3O5S/c1-34-21-6-5-19-25(26(21)28)18-10-17(36-22(18)11-29-19)9-16-4-3-15(12-35-16)30-27(33)14-2-7-23-20(8-14)31-24(32)13-37-23/h2,5-8,11,15-17H,3-4,9-10,12-13H2,1H3,(H,30,33)(H,31,32)/t15-,16+,17?/m1/s1. The van der Waals surface area contributed by atoms with Crippen molar-refractivity contribution < 1.29 is 28.2 Å². The number of benzene rings is 2. The Labute approximate surface area is 217 Å². The molecular weight excluding hydrogens is 497 g/mol. The molecule has 0 saturated carbocycles. The fourth-order valence-electron chi connectivity index (χ4n) is 5.20. The molecule has 3 aliphatic heterocycles. The summed E-state index contributed by atoms with van der Waals surface area (Å²) in [6, 6.07) is 8.59. The molecule has 0 bridgehead atoms. The maximum absolute atomic E-state index is 15.0. The smallest absolute Gasteiger partial charge is 0.251 e. The first kappa shape index (κ1) is 24.0. The average Bonchev–Trinajstić information content (AvgIpc) is 3.32. The molecule has 2 amide bonds. The van der Waals surface area contributed by atoms with E-state index in [0.717, 1.165) is 23.3 Å². The van der Waals surface area contributed by atoms with Crippen LogP contribution in [0, 0.1) is 5.82 Å². The van der Waals surface area contributed by atoms with Crippen molar-refractivity contribution in [3.05, 3.63) is 53.5 Å². The number of nitrogens with zero attached hydrogens (tertiary/aromatic N) is 1. The molecule has 2 N–H and O–H groups in total. The predicted octanol–water partition coefficient (Wildman–Crippen LogP) is 4.10. The van der Waals surface area contributed by atoms with E-state index in [0.29, 0.717) is 53.1 Å². The third-order valence-corrected chi connectivity index (χ3v) is 8.13. The summed E-state index contributed by atoms with van der Waals surface area (Å²) in [6.45, 7) is 0.407. The van der Waals surface area contributed by atoms with E-state index < -0.39 is 5.82 Å². The first-order valence-corrected chi connectivity index (χ1v) is 13.3. The monoisotopic (exact) mass is 523 g/mol. The van der Waals surface area contributed by atoms with E-state index in [1.807, 2.05) is 6.07 Å². The topological polar surface area (TPSA) is 98.8 Å². The van der Waals surface area contributed by atoms with E-state index >= 15 is 0 Å². The van der Waals surface area contributed by atoms with Crippen LogP contribution in [0.15, 0.2) is 41.4 Å². The van der Waals surface area contributed by atoms with Crippen LogP contribution in [0.2, 0.25) is 0 Å². The number of halogens is 1. The Morgan fingerprint density at radius 3 is 2.97 bits per heavy atom. The first-order valence-electron chi connectivity index (χ1n) is 12.3. The number of fused-ring (bicyclic) bond motifs is 4. The van der Waals surface area contributed by atoms with E-state index in [1.165, 1.54) is 18.9 Å². The minimum absolute atomic E-state index is 0.0120. The van der Waals surface area contributed by atoms with Crippen molar-refractivity contribution in [3.8, 4) is 11.5 Å². The second-order valence-electron chi connectivity index (χ2n) is 9.51. The highest BCUT2D eigenvalue weighted by Crippen LogP contribution is 2.39. The van der Waals surface area contributed by atoms with Gasteiger partial charge in [-0.1, -0.05) is 0 Å². The molecule has 1 saturated heterocycles. The minimum atomic E-state index is -0.416. The number of pyridine rings is 1. The van der Waals surface area contributed by atoms with Crippen molar-refractivity contribution in [2.24, 2.45) is 0 Å². The quantitative estimate of drug-likeness (QED) is 0.520. The number of aromatic nitrogens is 1. The van der Waals surface area contributed by atoms with E-state index in [9.17, 15) is 14.0 Å². The highest BCUT2D eigenvalue weighted by Gasteiger charge is 2.32. The molecule has 8 nitrogen and oxygen atoms in total. The highest BCUT2D eigenvalue weighted by atomic mass is 32.2. The van der Waals surface area contributed by atoms with Gasteiger partial charge in [-0.25, -0.2) is 4.39 Å². The second-order valence-corrected chi connectivity index (χ2v) is 10.5. The molecule has 192 valence electrons. The Morgan fingerprint density at radius 2 is 2.16 bits per heavy atom. The number of amides is 2. The number of carbonyl (C=O) groups is 2. The molecule has 6 rings (SSSR count). The molecule has 37 heavy (non-hydrogen) atoms. The molecule has 3 atom stereocenters. The Bertz CT molecular complexity index is 1390. The lowest BCUT2D eigenvalue weighted by molar-refractivity contribution is -0.113. The lowest BCUT2D eigenvalue weighted by atomic mass is 9.97. The van der Waals surface area contributed by atoms with Crippen LogP contribution in [0.25, 0.3) is 10.9 Å². The lowest BCUT2D eigenvalue weighted by Gasteiger charge is -2.31. The fraction of sp³-hybridized carbons (Fsp3) is 0.370. The molecule has 10 heteroatoms. The summed E-state index contributed by atoms with van der Waals surface area (Å²) in [6.07, 6.45) is 4.32. The minimum Gasteiger partial charge on any atom is -0.494 e. The summed E-state index contributed by atoms with van der Waals surface area (Å²) in [5.41, 5.74) is 2.57.